The van der Waals surface area contributed by atoms with Gasteiger partial charge in [0.2, 0.25) is 0 Å². The summed E-state index contributed by atoms with van der Waals surface area (Å²) in [6.07, 6.45) is -2.74. The molecule has 0 aliphatic heterocycles. The van der Waals surface area contributed by atoms with Gasteiger partial charge in [-0.25, -0.2) is 0 Å². The third kappa shape index (κ3) is 3.91. The number of alkyl halides is 3. The Morgan fingerprint density at radius 1 is 1.43 bits per heavy atom. The molecule has 0 saturated carbocycles. The fraction of sp³-hybridized carbons (Fsp3) is 0.714. The summed E-state index contributed by atoms with van der Waals surface area (Å²) < 4.78 is 37.3. The van der Waals surface area contributed by atoms with Crippen LogP contribution in [0.2, 0.25) is 0 Å². The van der Waals surface area contributed by atoms with Crippen molar-refractivity contribution in [2.45, 2.75) is 32.0 Å². The zero-order chi connectivity index (χ0) is 10.6. The Hall–Kier alpha value is -0.850. The number of aromatic nitrogens is 3. The van der Waals surface area contributed by atoms with Crippen LogP contribution in [0.4, 0.5) is 13.2 Å². The van der Waals surface area contributed by atoms with E-state index in [1.807, 2.05) is 0 Å². The second-order valence-electron chi connectivity index (χ2n) is 2.93. The summed E-state index contributed by atoms with van der Waals surface area (Å²) in [5, 5.41) is 6.19. The number of nitrogens with zero attached hydrogens (tertiary/aromatic N) is 2. The number of rotatable bonds is 4. The minimum atomic E-state index is -4.06. The maximum absolute atomic E-state index is 11.8. The Kier molecular flexibility index (Phi) is 3.68. The molecule has 14 heavy (non-hydrogen) atoms. The first-order chi connectivity index (χ1) is 6.49. The fourth-order valence-electron chi connectivity index (χ4n) is 1.04. The van der Waals surface area contributed by atoms with Crippen LogP contribution >= 0.6 is 12.2 Å². The molecular formula is C7H10F3N3S. The van der Waals surface area contributed by atoms with Crippen LogP contribution in [0.3, 0.4) is 0 Å². The lowest BCUT2D eigenvalue weighted by atomic mass is 10.2. The number of aryl methyl sites for hydroxylation is 1. The van der Waals surface area contributed by atoms with E-state index in [0.29, 0.717) is 17.7 Å². The zero-order valence-corrected chi connectivity index (χ0v) is 8.16. The van der Waals surface area contributed by atoms with Crippen LogP contribution in [0, 0.1) is 4.77 Å². The van der Waals surface area contributed by atoms with Crippen molar-refractivity contribution in [1.82, 2.24) is 14.8 Å². The molecule has 0 unspecified atom stereocenters. The van der Waals surface area contributed by atoms with Gasteiger partial charge in [0, 0.05) is 13.0 Å². The van der Waals surface area contributed by atoms with Gasteiger partial charge in [0.25, 0.3) is 0 Å². The minimum absolute atomic E-state index is 0.121. The van der Waals surface area contributed by atoms with Gasteiger partial charge in [-0.3, -0.25) is 5.10 Å². The molecular weight excluding hydrogens is 215 g/mol. The van der Waals surface area contributed by atoms with Gasteiger partial charge in [0.05, 0.1) is 0 Å². The molecule has 80 valence electrons. The lowest BCUT2D eigenvalue weighted by Crippen LogP contribution is -2.07. The Morgan fingerprint density at radius 3 is 2.64 bits per heavy atom. The van der Waals surface area contributed by atoms with Gasteiger partial charge in [0.15, 0.2) is 4.77 Å². The summed E-state index contributed by atoms with van der Waals surface area (Å²) in [7, 11) is 0. The van der Waals surface area contributed by atoms with Crippen molar-refractivity contribution in [3.05, 3.63) is 11.1 Å². The predicted molar refractivity (Wildman–Crippen MR) is 47.3 cm³/mol. The molecule has 1 aromatic rings. The van der Waals surface area contributed by atoms with E-state index in [9.17, 15) is 13.2 Å². The molecule has 0 atom stereocenters. The molecule has 0 fully saturated rings. The van der Waals surface area contributed by atoms with Crippen LogP contribution in [-0.4, -0.2) is 20.9 Å². The average molecular weight is 225 g/mol. The Balaban J connectivity index is 2.23. The Morgan fingerprint density at radius 2 is 2.14 bits per heavy atom. The molecule has 1 N–H and O–H groups in total. The molecule has 0 aromatic carbocycles. The number of hydrogen-bond acceptors (Lipinski definition) is 2. The molecule has 1 rings (SSSR count). The second kappa shape index (κ2) is 4.59. The van der Waals surface area contributed by atoms with E-state index in [-0.39, 0.29) is 6.42 Å². The number of halogens is 3. The van der Waals surface area contributed by atoms with Crippen molar-refractivity contribution in [3.8, 4) is 0 Å². The van der Waals surface area contributed by atoms with Crippen molar-refractivity contribution >= 4 is 12.2 Å². The number of unbranched alkanes of at least 4 members (excludes halogenated alkanes) is 1. The van der Waals surface area contributed by atoms with Crippen LogP contribution in [0.25, 0.3) is 0 Å². The van der Waals surface area contributed by atoms with E-state index >= 15 is 0 Å². The number of H-pyrrole nitrogens is 1. The fourth-order valence-corrected chi connectivity index (χ4v) is 1.23. The van der Waals surface area contributed by atoms with Crippen molar-refractivity contribution in [3.63, 3.8) is 0 Å². The first kappa shape index (κ1) is 11.2. The number of hydrogen-bond donors (Lipinski definition) is 1. The van der Waals surface area contributed by atoms with Gasteiger partial charge < -0.3 is 4.57 Å². The zero-order valence-electron chi connectivity index (χ0n) is 7.34. The highest BCUT2D eigenvalue weighted by Gasteiger charge is 2.25. The molecule has 1 heterocycles. The average Bonchev–Trinajstić information content (AvgIpc) is 2.44. The van der Waals surface area contributed by atoms with E-state index < -0.39 is 12.6 Å². The summed E-state index contributed by atoms with van der Waals surface area (Å²) in [4.78, 5) is 0. The van der Waals surface area contributed by atoms with Gasteiger partial charge >= 0.3 is 6.18 Å². The summed E-state index contributed by atoms with van der Waals surface area (Å²) in [5.41, 5.74) is 0. The van der Waals surface area contributed by atoms with Crippen LogP contribution < -0.4 is 0 Å². The van der Waals surface area contributed by atoms with Crippen LogP contribution in [0.1, 0.15) is 19.3 Å². The van der Waals surface area contributed by atoms with Crippen LogP contribution in [-0.2, 0) is 6.54 Å². The molecule has 0 radical (unpaired) electrons. The monoisotopic (exact) mass is 225 g/mol. The molecule has 0 bridgehead atoms. The molecule has 0 spiro atoms. The summed E-state index contributed by atoms with van der Waals surface area (Å²) in [6, 6.07) is 0. The van der Waals surface area contributed by atoms with Crippen LogP contribution in [0.5, 0.6) is 0 Å². The summed E-state index contributed by atoms with van der Waals surface area (Å²) in [5.74, 6) is 0. The topological polar surface area (TPSA) is 33.6 Å². The van der Waals surface area contributed by atoms with Crippen molar-refractivity contribution in [2.24, 2.45) is 0 Å². The minimum Gasteiger partial charge on any atom is -0.307 e. The number of nitrogens with one attached hydrogen (secondary N) is 1. The second-order valence-corrected chi connectivity index (χ2v) is 3.31. The van der Waals surface area contributed by atoms with Gasteiger partial charge in [-0.1, -0.05) is 0 Å². The van der Waals surface area contributed by atoms with Gasteiger partial charge in [0.1, 0.15) is 6.33 Å². The Bertz CT molecular complexity index is 327. The predicted octanol–water partition coefficient (Wildman–Crippen LogP) is 2.67. The molecule has 1 aromatic heterocycles. The van der Waals surface area contributed by atoms with E-state index in [2.05, 4.69) is 10.2 Å². The highest BCUT2D eigenvalue weighted by Crippen LogP contribution is 2.22. The van der Waals surface area contributed by atoms with E-state index in [1.165, 1.54) is 6.33 Å². The lowest BCUT2D eigenvalue weighted by Gasteiger charge is -2.05. The lowest BCUT2D eigenvalue weighted by molar-refractivity contribution is -0.135. The summed E-state index contributed by atoms with van der Waals surface area (Å²) >= 11 is 4.83. The molecule has 0 aliphatic carbocycles. The SMILES string of the molecule is FC(F)(F)CCCCn1cn[nH]c1=S. The summed E-state index contributed by atoms with van der Waals surface area (Å²) in [6.45, 7) is 0.478. The smallest absolute Gasteiger partial charge is 0.307 e. The van der Waals surface area contributed by atoms with E-state index in [4.69, 9.17) is 12.2 Å². The first-order valence-corrected chi connectivity index (χ1v) is 4.56. The van der Waals surface area contributed by atoms with Gasteiger partial charge in [-0.05, 0) is 25.1 Å². The van der Waals surface area contributed by atoms with E-state index in [1.54, 1.807) is 4.57 Å². The normalized spacial score (nSPS) is 11.9. The quantitative estimate of drug-likeness (QED) is 0.631. The van der Waals surface area contributed by atoms with Crippen molar-refractivity contribution in [1.29, 1.82) is 0 Å². The molecule has 3 nitrogen and oxygen atoms in total. The molecule has 7 heteroatoms. The molecule has 0 aliphatic rings. The maximum atomic E-state index is 11.8. The number of aromatic amines is 1. The van der Waals surface area contributed by atoms with E-state index in [0.717, 1.165) is 0 Å². The van der Waals surface area contributed by atoms with Crippen molar-refractivity contribution < 1.29 is 13.2 Å². The van der Waals surface area contributed by atoms with Crippen LogP contribution in [0.15, 0.2) is 6.33 Å². The maximum Gasteiger partial charge on any atom is 0.389 e. The third-order valence-corrected chi connectivity index (χ3v) is 2.05. The highest BCUT2D eigenvalue weighted by atomic mass is 32.1. The largest absolute Gasteiger partial charge is 0.389 e. The Labute approximate surface area is 83.9 Å². The first-order valence-electron chi connectivity index (χ1n) is 4.15. The van der Waals surface area contributed by atoms with Gasteiger partial charge in [-0.2, -0.15) is 18.3 Å². The molecule has 0 saturated heterocycles. The molecule has 0 amide bonds. The van der Waals surface area contributed by atoms with Crippen molar-refractivity contribution in [2.75, 3.05) is 0 Å². The van der Waals surface area contributed by atoms with Gasteiger partial charge in [-0.15, -0.1) is 0 Å². The highest BCUT2D eigenvalue weighted by molar-refractivity contribution is 7.71. The third-order valence-electron chi connectivity index (χ3n) is 1.73. The standard InChI is InChI=1S/C7H10F3N3S/c8-7(9,10)3-1-2-4-13-5-11-12-6(13)14/h5H,1-4H2,(H,12,14).